The van der Waals surface area contributed by atoms with E-state index in [-0.39, 0.29) is 0 Å². The van der Waals surface area contributed by atoms with Gasteiger partial charge in [0.25, 0.3) is 0 Å². The third-order valence-corrected chi connectivity index (χ3v) is 20.0. The maximum absolute atomic E-state index is 2.24. The summed E-state index contributed by atoms with van der Waals surface area (Å²) in [5.41, 5.74) is 27.1. The highest BCUT2D eigenvalue weighted by Crippen LogP contribution is 2.27. The second kappa shape index (κ2) is 72.6. The van der Waals surface area contributed by atoms with Gasteiger partial charge in [-0.25, -0.2) is 0 Å². The van der Waals surface area contributed by atoms with Gasteiger partial charge in [0.05, 0.1) is 0 Å². The summed E-state index contributed by atoms with van der Waals surface area (Å²) in [6.45, 7) is 82.8. The second-order valence-corrected chi connectivity index (χ2v) is 29.3. The van der Waals surface area contributed by atoms with Crippen LogP contribution < -0.4 is 0 Å². The van der Waals surface area contributed by atoms with Gasteiger partial charge in [-0.3, -0.25) is 0 Å². The third kappa shape index (κ3) is 43.4. The predicted molar refractivity (Wildman–Crippen MR) is 595 cm³/mol. The van der Waals surface area contributed by atoms with Gasteiger partial charge < -0.3 is 0 Å². The smallest absolute Gasteiger partial charge is 0.0125 e. The van der Waals surface area contributed by atoms with Gasteiger partial charge in [-0.1, -0.05) is 505 Å². The van der Waals surface area contributed by atoms with Crippen LogP contribution in [0.25, 0.3) is 75.4 Å². The first-order valence-corrected chi connectivity index (χ1v) is 48.1. The van der Waals surface area contributed by atoms with Gasteiger partial charge in [0.2, 0.25) is 0 Å². The monoisotopic (exact) mass is 1710 g/mol. The van der Waals surface area contributed by atoms with Crippen LogP contribution in [0, 0.1) is 138 Å². The van der Waals surface area contributed by atoms with Gasteiger partial charge in [-0.2, -0.15) is 0 Å². The van der Waals surface area contributed by atoms with Gasteiger partial charge in [0, 0.05) is 0 Å². The molecule has 0 bridgehead atoms. The Balaban J connectivity index is -0.00000133. The molecule has 17 aromatic rings. The molecular weight excluding hydrogens is 1540 g/mol. The lowest BCUT2D eigenvalue weighted by atomic mass is 10.0. The molecule has 0 heterocycles. The van der Waals surface area contributed by atoms with Crippen molar-refractivity contribution in [1.82, 2.24) is 0 Å². The van der Waals surface area contributed by atoms with Crippen molar-refractivity contribution in [2.45, 2.75) is 277 Å². The van der Waals surface area contributed by atoms with Crippen LogP contribution in [0.4, 0.5) is 0 Å². The van der Waals surface area contributed by atoms with Crippen LogP contribution in [0.1, 0.15) is 250 Å². The van der Waals surface area contributed by atoms with E-state index in [2.05, 4.69) is 466 Å². The molecule has 0 N–H and O–H groups in total. The zero-order valence-corrected chi connectivity index (χ0v) is 88.2. The molecule has 0 aliphatic rings. The molecule has 686 valence electrons. The Bertz CT molecular complexity index is 5460. The molecule has 0 aliphatic carbocycles. The van der Waals surface area contributed by atoms with Crippen LogP contribution in [-0.2, 0) is 0 Å². The van der Waals surface area contributed by atoms with E-state index in [0.717, 1.165) is 0 Å². The first-order chi connectivity index (χ1) is 61.8. The fraction of sp³-hybridized carbons (Fsp3) is 0.312. The number of aryl methyl sites for hydroxylation is 20. The zero-order chi connectivity index (χ0) is 97.8. The molecule has 0 radical (unpaired) electrons. The molecule has 0 nitrogen and oxygen atoms in total. The summed E-state index contributed by atoms with van der Waals surface area (Å²) in [5, 5.41) is 19.1. The quantitative estimate of drug-likeness (QED) is 0.142. The molecule has 0 saturated carbocycles. The van der Waals surface area contributed by atoms with Gasteiger partial charge in [0.1, 0.15) is 0 Å². The van der Waals surface area contributed by atoms with Gasteiger partial charge in [-0.15, -0.1) is 0 Å². The largest absolute Gasteiger partial charge is 0.0683 e. The Labute approximate surface area is 785 Å². The van der Waals surface area contributed by atoms with Crippen molar-refractivity contribution in [2.24, 2.45) is 0 Å². The van der Waals surface area contributed by atoms with E-state index in [9.17, 15) is 0 Å². The summed E-state index contributed by atoms with van der Waals surface area (Å²) in [6.07, 6.45) is 0. The Kier molecular flexibility index (Phi) is 68.4. The van der Waals surface area contributed by atoms with Crippen molar-refractivity contribution < 1.29 is 0 Å². The van der Waals surface area contributed by atoms with Gasteiger partial charge >= 0.3 is 0 Å². The summed E-state index contributed by atoms with van der Waals surface area (Å²) in [5.74, 6) is 0. The first-order valence-electron chi connectivity index (χ1n) is 48.1. The Morgan fingerprint density at radius 1 is 0.109 bits per heavy atom. The Morgan fingerprint density at radius 2 is 0.352 bits per heavy atom. The minimum absolute atomic E-state index is 1.33. The third-order valence-electron chi connectivity index (χ3n) is 20.0. The molecule has 0 amide bonds. The van der Waals surface area contributed by atoms with Gasteiger partial charge in [0.15, 0.2) is 0 Å². The molecule has 17 rings (SSSR count). The summed E-state index contributed by atoms with van der Waals surface area (Å²) in [4.78, 5) is 0. The molecule has 0 unspecified atom stereocenters. The normalized spacial score (nSPS) is 9.09. The SMILES string of the molecule is CC.CC.CC.CC.CC.CC.CC.CC.CC.CC.Cc1cc(C)c2ccccc2c1.Cc1ccc(C)c2ccccc12.Cc1ccc(C)cc1.Cc1ccc2c(C)cccc2c1.Cc1ccc2cccc(C)c2c1.Cc1ccc2ccccc2c1C.Cc1cccc(C)c1.Cc1cccc2c(C)cccc12.Cc1cccc2cccc(C)c12.Cc1ccccc1C. The number of hydrogen-bond donors (Lipinski definition) is 0. The second-order valence-electron chi connectivity index (χ2n) is 29.3. The lowest BCUT2D eigenvalue weighted by Crippen LogP contribution is -1.82. The van der Waals surface area contributed by atoms with Crippen molar-refractivity contribution in [3.8, 4) is 0 Å². The van der Waals surface area contributed by atoms with E-state index in [1.807, 2.05) is 138 Å². The topological polar surface area (TPSA) is 0 Å². The first kappa shape index (κ1) is 121. The zero-order valence-electron chi connectivity index (χ0n) is 88.2. The van der Waals surface area contributed by atoms with Crippen LogP contribution in [0.3, 0.4) is 0 Å². The maximum Gasteiger partial charge on any atom is -0.0125 e. The fourth-order valence-corrected chi connectivity index (χ4v) is 13.4. The van der Waals surface area contributed by atoms with Crippen LogP contribution in [0.5, 0.6) is 0 Å². The minimum Gasteiger partial charge on any atom is -0.0683 e. The maximum atomic E-state index is 2.24. The van der Waals surface area contributed by atoms with E-state index < -0.39 is 0 Å². The number of fused-ring (bicyclic) bond motifs is 7. The molecule has 128 heavy (non-hydrogen) atoms. The molecule has 0 spiro atoms. The summed E-state index contributed by atoms with van der Waals surface area (Å²) < 4.78 is 0. The van der Waals surface area contributed by atoms with E-state index in [0.29, 0.717) is 0 Å². The molecular formula is C128H174. The lowest BCUT2D eigenvalue weighted by Gasteiger charge is -2.04. The van der Waals surface area contributed by atoms with Crippen molar-refractivity contribution in [2.75, 3.05) is 0 Å². The summed E-state index contributed by atoms with van der Waals surface area (Å²) in [6, 6.07) is 116. The Morgan fingerprint density at radius 3 is 0.758 bits per heavy atom. The molecule has 0 atom stereocenters. The standard InChI is InChI=1S/7C12H12.3C8H10.10C2H6/c1-9-5-3-8-12-10(2)6-4-7-11(9)12;1-9-5-3-7-11-8-4-6-10(2)12(9)11;1-9-6-7-12-10(2)4-3-5-11(12)8-9;1-9-6-7-11-5-3-4-10(2)12(11)8-9;1-9-7-10(2)12-6-4-3-5-11(12)8-9;1-9-7-8-11-5-3-4-6-12(11)10(9)2;1-9-7-8-10(2)12-6-4-3-5-11(9)12;1-7-3-5-8(2)6-4-7;1-7-4-3-5-8(2)6-7;1-7-5-3-4-6-8(7)2;10*1-2/h7*3-8H,1-2H3;3*3-6H,1-2H3;10*1-2H3. The molecule has 0 aromatic heterocycles. The van der Waals surface area contributed by atoms with Crippen LogP contribution >= 0.6 is 0 Å². The van der Waals surface area contributed by atoms with E-state index in [1.165, 1.54) is 187 Å². The number of rotatable bonds is 0. The minimum atomic E-state index is 1.33. The van der Waals surface area contributed by atoms with Crippen LogP contribution in [-0.4, -0.2) is 0 Å². The number of benzene rings is 17. The highest BCUT2D eigenvalue weighted by atomic mass is 14.1. The number of hydrogen-bond acceptors (Lipinski definition) is 0. The van der Waals surface area contributed by atoms with Crippen LogP contribution in [0.15, 0.2) is 328 Å². The van der Waals surface area contributed by atoms with Crippen molar-refractivity contribution >= 4 is 75.4 Å². The average Bonchev–Trinajstić information content (AvgIpc) is 0.834. The highest BCUT2D eigenvalue weighted by Gasteiger charge is 2.03. The van der Waals surface area contributed by atoms with E-state index in [4.69, 9.17) is 0 Å². The molecule has 0 heteroatoms. The van der Waals surface area contributed by atoms with E-state index in [1.54, 1.807) is 0 Å². The highest BCUT2D eigenvalue weighted by molar-refractivity contribution is 5.92. The summed E-state index contributed by atoms with van der Waals surface area (Å²) >= 11 is 0. The van der Waals surface area contributed by atoms with Crippen LogP contribution in [0.2, 0.25) is 0 Å². The Hall–Kier alpha value is -11.4. The molecule has 17 aromatic carbocycles. The fourth-order valence-electron chi connectivity index (χ4n) is 13.4. The van der Waals surface area contributed by atoms with Crippen molar-refractivity contribution in [3.63, 3.8) is 0 Å². The van der Waals surface area contributed by atoms with Crippen molar-refractivity contribution in [1.29, 1.82) is 0 Å². The summed E-state index contributed by atoms with van der Waals surface area (Å²) in [7, 11) is 0. The molecule has 0 saturated heterocycles. The van der Waals surface area contributed by atoms with Gasteiger partial charge in [-0.05, 0) is 286 Å². The van der Waals surface area contributed by atoms with Crippen molar-refractivity contribution in [3.05, 3.63) is 439 Å². The lowest BCUT2D eigenvalue weighted by molar-refractivity contribution is 1.34. The van der Waals surface area contributed by atoms with E-state index >= 15 is 0 Å². The predicted octanol–water partition coefficient (Wildman–Crippen LogP) is 41.4. The average molecular weight is 1710 g/mol. The molecule has 0 fully saturated rings. The molecule has 0 aliphatic heterocycles.